The number of hydrogen-bond acceptors (Lipinski definition) is 5. The SMILES string of the molecule is COCCCCN1C(=O)C(C)(C)Cc2cc(C)c(C(=O)N(C(C)C)[C@@H]3CCCN(C(=O)OC(C)(C)C)C3)cc21. The van der Waals surface area contributed by atoms with Crippen LogP contribution in [0.2, 0.25) is 0 Å². The van der Waals surface area contributed by atoms with Gasteiger partial charge < -0.3 is 24.2 Å². The molecule has 2 aliphatic heterocycles. The predicted molar refractivity (Wildman–Crippen MR) is 154 cm³/mol. The van der Waals surface area contributed by atoms with Gasteiger partial charge >= 0.3 is 6.09 Å². The summed E-state index contributed by atoms with van der Waals surface area (Å²) in [6.45, 7) is 17.9. The topological polar surface area (TPSA) is 79.4 Å². The molecule has 0 radical (unpaired) electrons. The molecular weight excluding hydrogens is 494 g/mol. The maximum absolute atomic E-state index is 14.2. The number of fused-ring (bicyclic) bond motifs is 1. The first-order valence-electron chi connectivity index (χ1n) is 14.4. The van der Waals surface area contributed by atoms with Crippen molar-refractivity contribution in [3.63, 3.8) is 0 Å². The molecule has 3 rings (SSSR count). The van der Waals surface area contributed by atoms with Crippen molar-refractivity contribution in [2.24, 2.45) is 5.41 Å². The monoisotopic (exact) mass is 543 g/mol. The second kappa shape index (κ2) is 12.3. The van der Waals surface area contributed by atoms with E-state index in [1.54, 1.807) is 12.0 Å². The molecule has 0 aromatic heterocycles. The largest absolute Gasteiger partial charge is 0.444 e. The molecule has 0 N–H and O–H groups in total. The van der Waals surface area contributed by atoms with Crippen LogP contribution in [0.4, 0.5) is 10.5 Å². The predicted octanol–water partition coefficient (Wildman–Crippen LogP) is 5.59. The zero-order chi connectivity index (χ0) is 29.1. The fraction of sp³-hybridized carbons (Fsp3) is 0.710. The summed E-state index contributed by atoms with van der Waals surface area (Å²) in [6, 6.07) is 3.85. The van der Waals surface area contributed by atoms with E-state index in [2.05, 4.69) is 6.07 Å². The highest BCUT2D eigenvalue weighted by atomic mass is 16.6. The number of hydrogen-bond donors (Lipinski definition) is 0. The second-order valence-corrected chi connectivity index (χ2v) is 13.0. The van der Waals surface area contributed by atoms with E-state index in [1.807, 2.05) is 71.3 Å². The minimum atomic E-state index is -0.570. The molecule has 1 saturated heterocycles. The number of piperidine rings is 1. The maximum Gasteiger partial charge on any atom is 0.410 e. The fourth-order valence-electron chi connectivity index (χ4n) is 5.78. The maximum atomic E-state index is 14.2. The molecular formula is C31H49N3O5. The lowest BCUT2D eigenvalue weighted by atomic mass is 9.79. The van der Waals surface area contributed by atoms with Crippen LogP contribution in [-0.2, 0) is 20.7 Å². The van der Waals surface area contributed by atoms with Crippen LogP contribution < -0.4 is 4.90 Å². The van der Waals surface area contributed by atoms with E-state index in [1.165, 1.54) is 0 Å². The van der Waals surface area contributed by atoms with Gasteiger partial charge in [-0.2, -0.15) is 0 Å². The molecule has 1 fully saturated rings. The number of aryl methyl sites for hydroxylation is 1. The standard InChI is InChI=1S/C31H49N3O5/c1-21(2)34(24-13-12-14-32(20-24)29(37)39-30(4,5)6)27(35)25-18-26-23(17-22(25)3)19-31(7,8)28(36)33(26)15-10-11-16-38-9/h17-18,21,24H,10-16,19-20H2,1-9H3/t24-/m1/s1. The summed E-state index contributed by atoms with van der Waals surface area (Å²) in [6.07, 6.45) is 3.64. The molecule has 2 aliphatic rings. The van der Waals surface area contributed by atoms with Crippen molar-refractivity contribution in [3.8, 4) is 0 Å². The van der Waals surface area contributed by atoms with Gasteiger partial charge in [0, 0.05) is 56.1 Å². The molecule has 8 heteroatoms. The summed E-state index contributed by atoms with van der Waals surface area (Å²) < 4.78 is 10.8. The number of amides is 3. The van der Waals surface area contributed by atoms with E-state index in [9.17, 15) is 14.4 Å². The van der Waals surface area contributed by atoms with Crippen LogP contribution in [0.5, 0.6) is 0 Å². The molecule has 218 valence electrons. The molecule has 1 aromatic rings. The number of likely N-dealkylation sites (tertiary alicyclic amines) is 1. The highest BCUT2D eigenvalue weighted by molar-refractivity contribution is 6.03. The van der Waals surface area contributed by atoms with Gasteiger partial charge in [0.05, 0.1) is 6.04 Å². The van der Waals surface area contributed by atoms with Crippen LogP contribution in [-0.4, -0.2) is 78.7 Å². The summed E-state index contributed by atoms with van der Waals surface area (Å²) in [5.74, 6) is 0.0358. The molecule has 0 unspecified atom stereocenters. The lowest BCUT2D eigenvalue weighted by Gasteiger charge is -2.42. The number of carbonyl (C=O) groups excluding carboxylic acids is 3. The van der Waals surface area contributed by atoms with Crippen LogP contribution in [0.3, 0.4) is 0 Å². The molecule has 0 bridgehead atoms. The number of unbranched alkanes of at least 4 members (excludes halogenated alkanes) is 1. The smallest absolute Gasteiger partial charge is 0.410 e. The van der Waals surface area contributed by atoms with E-state index in [4.69, 9.17) is 9.47 Å². The molecule has 0 saturated carbocycles. The Kier molecular flexibility index (Phi) is 9.73. The molecule has 1 aromatic carbocycles. The highest BCUT2D eigenvalue weighted by Crippen LogP contribution is 2.39. The molecule has 0 aliphatic carbocycles. The Bertz CT molecular complexity index is 1060. The third kappa shape index (κ3) is 7.33. The lowest BCUT2D eigenvalue weighted by molar-refractivity contribution is -0.127. The van der Waals surface area contributed by atoms with Gasteiger partial charge in [-0.25, -0.2) is 4.79 Å². The van der Waals surface area contributed by atoms with E-state index < -0.39 is 11.0 Å². The summed E-state index contributed by atoms with van der Waals surface area (Å²) in [7, 11) is 1.69. The average Bonchev–Trinajstić information content (AvgIpc) is 2.82. The van der Waals surface area contributed by atoms with Gasteiger partial charge in [-0.15, -0.1) is 0 Å². The summed E-state index contributed by atoms with van der Waals surface area (Å²) in [5, 5.41) is 0. The Balaban J connectivity index is 1.91. The number of anilines is 1. The van der Waals surface area contributed by atoms with E-state index in [-0.39, 0.29) is 30.0 Å². The van der Waals surface area contributed by atoms with Crippen LogP contribution in [0, 0.1) is 12.3 Å². The number of nitrogens with zero attached hydrogens (tertiary/aromatic N) is 3. The third-order valence-electron chi connectivity index (χ3n) is 7.62. The second-order valence-electron chi connectivity index (χ2n) is 13.0. The van der Waals surface area contributed by atoms with Crippen LogP contribution >= 0.6 is 0 Å². The third-order valence-corrected chi connectivity index (χ3v) is 7.62. The van der Waals surface area contributed by atoms with Crippen LogP contribution in [0.25, 0.3) is 0 Å². The van der Waals surface area contributed by atoms with Gasteiger partial charge in [0.25, 0.3) is 5.91 Å². The summed E-state index contributed by atoms with van der Waals surface area (Å²) in [4.78, 5) is 46.0. The first-order valence-corrected chi connectivity index (χ1v) is 14.4. The number of ether oxygens (including phenoxy) is 2. The van der Waals surface area contributed by atoms with Gasteiger partial charge in [0.1, 0.15) is 5.60 Å². The number of benzene rings is 1. The Morgan fingerprint density at radius 3 is 2.49 bits per heavy atom. The van der Waals surface area contributed by atoms with Gasteiger partial charge in [-0.3, -0.25) is 9.59 Å². The molecule has 8 nitrogen and oxygen atoms in total. The minimum absolute atomic E-state index is 0.0535. The highest BCUT2D eigenvalue weighted by Gasteiger charge is 2.40. The molecule has 39 heavy (non-hydrogen) atoms. The molecule has 2 heterocycles. The zero-order valence-corrected chi connectivity index (χ0v) is 25.6. The van der Waals surface area contributed by atoms with Crippen molar-refractivity contribution in [2.75, 3.05) is 38.3 Å². The first-order chi connectivity index (χ1) is 18.2. The van der Waals surface area contributed by atoms with Gasteiger partial charge in [0.2, 0.25) is 5.91 Å². The van der Waals surface area contributed by atoms with E-state index in [0.717, 1.165) is 42.5 Å². The van der Waals surface area contributed by atoms with Gasteiger partial charge in [-0.1, -0.05) is 19.9 Å². The number of rotatable bonds is 8. The molecule has 0 spiro atoms. The Morgan fingerprint density at radius 1 is 1.18 bits per heavy atom. The summed E-state index contributed by atoms with van der Waals surface area (Å²) in [5.41, 5.74) is 2.40. The van der Waals surface area contributed by atoms with Crippen molar-refractivity contribution in [2.45, 2.75) is 105 Å². The van der Waals surface area contributed by atoms with Crippen molar-refractivity contribution in [1.29, 1.82) is 0 Å². The lowest BCUT2D eigenvalue weighted by Crippen LogP contribution is -2.54. The van der Waals surface area contributed by atoms with Crippen molar-refractivity contribution in [3.05, 3.63) is 28.8 Å². The van der Waals surface area contributed by atoms with E-state index in [0.29, 0.717) is 38.2 Å². The van der Waals surface area contributed by atoms with Gasteiger partial charge in [-0.05, 0) is 90.8 Å². The Labute approximate surface area is 235 Å². The Morgan fingerprint density at radius 2 is 1.87 bits per heavy atom. The van der Waals surface area contributed by atoms with Gasteiger partial charge in [0.15, 0.2) is 0 Å². The van der Waals surface area contributed by atoms with Crippen LogP contribution in [0.15, 0.2) is 12.1 Å². The quantitative estimate of drug-likeness (QED) is 0.400. The van der Waals surface area contributed by atoms with Crippen molar-refractivity contribution in [1.82, 2.24) is 9.80 Å². The number of methoxy groups -OCH3 is 1. The number of carbonyl (C=O) groups is 3. The normalized spacial score (nSPS) is 19.2. The van der Waals surface area contributed by atoms with E-state index >= 15 is 0 Å². The van der Waals surface area contributed by atoms with Crippen molar-refractivity contribution >= 4 is 23.6 Å². The Hall–Kier alpha value is -2.61. The average molecular weight is 544 g/mol. The fourth-order valence-corrected chi connectivity index (χ4v) is 5.78. The summed E-state index contributed by atoms with van der Waals surface area (Å²) >= 11 is 0. The molecule has 3 amide bonds. The minimum Gasteiger partial charge on any atom is -0.444 e. The van der Waals surface area contributed by atoms with Crippen LogP contribution in [0.1, 0.15) is 95.6 Å². The first kappa shape index (κ1) is 30.9. The van der Waals surface area contributed by atoms with Crippen molar-refractivity contribution < 1.29 is 23.9 Å². The molecule has 1 atom stereocenters. The zero-order valence-electron chi connectivity index (χ0n) is 25.6.